The summed E-state index contributed by atoms with van der Waals surface area (Å²) in [6, 6.07) is 5.28. The fraction of sp³-hybridized carbons (Fsp3) is 0.385. The molecule has 0 atom stereocenters. The van der Waals surface area contributed by atoms with Crippen LogP contribution in [0.3, 0.4) is 0 Å². The highest BCUT2D eigenvalue weighted by Crippen LogP contribution is 2.21. The van der Waals surface area contributed by atoms with Gasteiger partial charge in [-0.05, 0) is 30.5 Å². The molecular weight excluding hydrogens is 205 g/mol. The Hall–Kier alpha value is -1.53. The quantitative estimate of drug-likeness (QED) is 0.766. The van der Waals surface area contributed by atoms with Crippen molar-refractivity contribution in [2.24, 2.45) is 0 Å². The summed E-state index contributed by atoms with van der Waals surface area (Å²) < 4.78 is 18.4. The van der Waals surface area contributed by atoms with Gasteiger partial charge in [-0.15, -0.1) is 6.42 Å². The Morgan fingerprint density at radius 3 is 2.94 bits per heavy atom. The van der Waals surface area contributed by atoms with Crippen LogP contribution in [-0.2, 0) is 6.54 Å². The van der Waals surface area contributed by atoms with E-state index in [0.717, 1.165) is 5.56 Å². The molecule has 1 fully saturated rings. The molecule has 84 valence electrons. The Labute approximate surface area is 94.8 Å². The first kappa shape index (κ1) is 11.0. The lowest BCUT2D eigenvalue weighted by molar-refractivity contribution is 0.367. The molecule has 0 bridgehead atoms. The molecule has 0 amide bonds. The van der Waals surface area contributed by atoms with Crippen LogP contribution in [0.1, 0.15) is 18.4 Å². The maximum Gasteiger partial charge on any atom is 0.148 e. The molecule has 0 aromatic heterocycles. The molecule has 0 spiro atoms. The van der Waals surface area contributed by atoms with Gasteiger partial charge in [0.1, 0.15) is 18.2 Å². The zero-order valence-corrected chi connectivity index (χ0v) is 9.00. The minimum atomic E-state index is -0.290. The maximum atomic E-state index is 13.2. The van der Waals surface area contributed by atoms with Gasteiger partial charge in [0.2, 0.25) is 0 Å². The van der Waals surface area contributed by atoms with E-state index in [4.69, 9.17) is 11.2 Å². The molecule has 1 aliphatic rings. The maximum absolute atomic E-state index is 13.2. The van der Waals surface area contributed by atoms with E-state index in [9.17, 15) is 4.39 Å². The van der Waals surface area contributed by atoms with E-state index in [1.807, 2.05) is 6.07 Å². The predicted molar refractivity (Wildman–Crippen MR) is 60.6 cm³/mol. The molecule has 1 aromatic rings. The monoisotopic (exact) mass is 219 g/mol. The van der Waals surface area contributed by atoms with Crippen LogP contribution in [0.4, 0.5) is 4.39 Å². The van der Waals surface area contributed by atoms with Crippen molar-refractivity contribution in [1.82, 2.24) is 5.32 Å². The highest BCUT2D eigenvalue weighted by molar-refractivity contribution is 5.30. The predicted octanol–water partition coefficient (Wildman–Crippen LogP) is 2.09. The topological polar surface area (TPSA) is 21.3 Å². The van der Waals surface area contributed by atoms with E-state index in [0.29, 0.717) is 18.3 Å². The fourth-order valence-corrected chi connectivity index (χ4v) is 1.48. The first-order valence-electron chi connectivity index (χ1n) is 5.37. The van der Waals surface area contributed by atoms with Crippen molar-refractivity contribution in [2.75, 3.05) is 6.61 Å². The van der Waals surface area contributed by atoms with Crippen LogP contribution in [0.25, 0.3) is 0 Å². The van der Waals surface area contributed by atoms with Crippen molar-refractivity contribution < 1.29 is 9.13 Å². The molecule has 0 heterocycles. The summed E-state index contributed by atoms with van der Waals surface area (Å²) in [7, 11) is 0. The zero-order valence-electron chi connectivity index (χ0n) is 9.00. The summed E-state index contributed by atoms with van der Waals surface area (Å²) in [6.45, 7) is 0.841. The summed E-state index contributed by atoms with van der Waals surface area (Å²) >= 11 is 0. The molecule has 1 aromatic carbocycles. The van der Waals surface area contributed by atoms with Gasteiger partial charge in [-0.25, -0.2) is 4.39 Å². The van der Waals surface area contributed by atoms with E-state index < -0.39 is 0 Å². The molecule has 0 saturated heterocycles. The normalized spacial score (nSPS) is 14.5. The fourth-order valence-electron chi connectivity index (χ4n) is 1.48. The van der Waals surface area contributed by atoms with Crippen LogP contribution >= 0.6 is 0 Å². The number of halogens is 1. The molecule has 3 heteroatoms. The molecular formula is C13H14FNO. The van der Waals surface area contributed by atoms with Gasteiger partial charge in [-0.1, -0.05) is 5.92 Å². The summed E-state index contributed by atoms with van der Waals surface area (Å²) in [4.78, 5) is 0. The number of ether oxygens (including phenoxy) is 1. The number of benzene rings is 1. The number of rotatable bonds is 5. The smallest absolute Gasteiger partial charge is 0.148 e. The molecule has 1 N–H and O–H groups in total. The average Bonchev–Trinajstić information content (AvgIpc) is 3.07. The lowest BCUT2D eigenvalue weighted by Gasteiger charge is -2.07. The van der Waals surface area contributed by atoms with Gasteiger partial charge in [-0.2, -0.15) is 0 Å². The zero-order chi connectivity index (χ0) is 11.4. The minimum Gasteiger partial charge on any atom is -0.481 e. The first-order valence-corrected chi connectivity index (χ1v) is 5.37. The molecule has 2 nitrogen and oxygen atoms in total. The molecule has 2 rings (SSSR count). The van der Waals surface area contributed by atoms with Crippen molar-refractivity contribution in [3.63, 3.8) is 0 Å². The van der Waals surface area contributed by atoms with E-state index in [1.54, 1.807) is 0 Å². The van der Waals surface area contributed by atoms with E-state index >= 15 is 0 Å². The lowest BCUT2D eigenvalue weighted by Crippen LogP contribution is -2.15. The van der Waals surface area contributed by atoms with Crippen molar-refractivity contribution in [3.05, 3.63) is 29.6 Å². The molecule has 16 heavy (non-hydrogen) atoms. The van der Waals surface area contributed by atoms with E-state index in [-0.39, 0.29) is 12.4 Å². The molecule has 0 unspecified atom stereocenters. The third kappa shape index (κ3) is 3.25. The van der Waals surface area contributed by atoms with Gasteiger partial charge in [0, 0.05) is 18.7 Å². The minimum absolute atomic E-state index is 0.166. The Balaban J connectivity index is 1.99. The molecule has 1 saturated carbocycles. The summed E-state index contributed by atoms with van der Waals surface area (Å²) in [5.41, 5.74) is 0.888. The Morgan fingerprint density at radius 2 is 2.25 bits per heavy atom. The summed E-state index contributed by atoms with van der Waals surface area (Å²) in [5, 5.41) is 3.32. The van der Waals surface area contributed by atoms with Crippen LogP contribution in [0.5, 0.6) is 5.75 Å². The van der Waals surface area contributed by atoms with Crippen LogP contribution in [0, 0.1) is 18.2 Å². The van der Waals surface area contributed by atoms with Gasteiger partial charge in [0.15, 0.2) is 0 Å². The van der Waals surface area contributed by atoms with Crippen LogP contribution in [-0.4, -0.2) is 12.6 Å². The third-order valence-corrected chi connectivity index (χ3v) is 2.43. The molecule has 0 aliphatic heterocycles. The second kappa shape index (κ2) is 5.00. The summed E-state index contributed by atoms with van der Waals surface area (Å²) in [5.74, 6) is 2.56. The number of nitrogens with one attached hydrogen (secondary N) is 1. The Bertz CT molecular complexity index is 407. The van der Waals surface area contributed by atoms with Crippen LogP contribution in [0.2, 0.25) is 0 Å². The van der Waals surface area contributed by atoms with Crippen molar-refractivity contribution in [2.45, 2.75) is 25.4 Å². The molecule has 1 aliphatic carbocycles. The van der Waals surface area contributed by atoms with Gasteiger partial charge in [-0.3, -0.25) is 0 Å². The second-order valence-corrected chi connectivity index (χ2v) is 3.94. The number of hydrogen-bond donors (Lipinski definition) is 1. The van der Waals surface area contributed by atoms with Crippen molar-refractivity contribution >= 4 is 0 Å². The standard InChI is InChI=1S/C13H14FNO/c1-2-5-16-13-7-10(6-11(14)8-13)9-15-12-3-4-12/h1,6-8,12,15H,3-5,9H2. The van der Waals surface area contributed by atoms with E-state index in [1.165, 1.54) is 25.0 Å². The van der Waals surface area contributed by atoms with Gasteiger partial charge < -0.3 is 10.1 Å². The second-order valence-electron chi connectivity index (χ2n) is 3.94. The summed E-state index contributed by atoms with van der Waals surface area (Å²) in [6.07, 6.45) is 7.51. The largest absolute Gasteiger partial charge is 0.481 e. The average molecular weight is 219 g/mol. The van der Waals surface area contributed by atoms with Gasteiger partial charge in [0.05, 0.1) is 0 Å². The molecule has 0 radical (unpaired) electrons. The Morgan fingerprint density at radius 1 is 1.44 bits per heavy atom. The SMILES string of the molecule is C#CCOc1cc(F)cc(CNC2CC2)c1. The lowest BCUT2D eigenvalue weighted by atomic mass is 10.2. The van der Waals surface area contributed by atoms with Crippen molar-refractivity contribution in [1.29, 1.82) is 0 Å². The van der Waals surface area contributed by atoms with E-state index in [2.05, 4.69) is 11.2 Å². The van der Waals surface area contributed by atoms with Crippen LogP contribution in [0.15, 0.2) is 18.2 Å². The number of terminal acetylenes is 1. The third-order valence-electron chi connectivity index (χ3n) is 2.43. The first-order chi connectivity index (χ1) is 7.78. The van der Waals surface area contributed by atoms with Gasteiger partial charge in [0.25, 0.3) is 0 Å². The van der Waals surface area contributed by atoms with Gasteiger partial charge >= 0.3 is 0 Å². The highest BCUT2D eigenvalue weighted by atomic mass is 19.1. The highest BCUT2D eigenvalue weighted by Gasteiger charge is 2.20. The number of hydrogen-bond acceptors (Lipinski definition) is 2. The van der Waals surface area contributed by atoms with Crippen LogP contribution < -0.4 is 10.1 Å². The Kier molecular flexibility index (Phi) is 3.43. The van der Waals surface area contributed by atoms with Crippen molar-refractivity contribution in [3.8, 4) is 18.1 Å².